The predicted octanol–water partition coefficient (Wildman–Crippen LogP) is 3.20. The molecule has 0 aliphatic rings. The van der Waals surface area contributed by atoms with E-state index in [2.05, 4.69) is 0 Å². The Morgan fingerprint density at radius 3 is 2.40 bits per heavy atom. The normalized spacial score (nSPS) is 13.8. The van der Waals surface area contributed by atoms with E-state index in [0.717, 1.165) is 0 Å². The first kappa shape index (κ1) is 14.5. The lowest BCUT2D eigenvalue weighted by Crippen LogP contribution is -2.32. The van der Waals surface area contributed by atoms with Crippen molar-refractivity contribution in [3.05, 3.63) is 65.5 Å². The first-order valence-electron chi connectivity index (χ1n) is 6.36. The van der Waals surface area contributed by atoms with E-state index in [1.54, 1.807) is 30.3 Å². The lowest BCUT2D eigenvalue weighted by atomic mass is 9.89. The summed E-state index contributed by atoms with van der Waals surface area (Å²) in [6.45, 7) is -0.162. The van der Waals surface area contributed by atoms with Crippen LogP contribution in [0, 0.1) is 5.82 Å². The Labute approximate surface area is 117 Å². The van der Waals surface area contributed by atoms with Crippen LogP contribution in [0.2, 0.25) is 0 Å². The molecular formula is C16H17F2NO. The van der Waals surface area contributed by atoms with Crippen molar-refractivity contribution in [2.75, 3.05) is 13.7 Å². The van der Waals surface area contributed by atoms with Crippen LogP contribution in [0.25, 0.3) is 0 Å². The molecule has 0 aliphatic heterocycles. The molecule has 0 spiro atoms. The number of hydrogen-bond donors (Lipinski definition) is 1. The SMILES string of the molecule is COc1ccc(CC(F)(CN)c2ccccc2)cc1F. The van der Waals surface area contributed by atoms with Gasteiger partial charge in [-0.1, -0.05) is 36.4 Å². The van der Waals surface area contributed by atoms with Gasteiger partial charge in [-0.25, -0.2) is 8.78 Å². The Bertz CT molecular complexity index is 574. The maximum Gasteiger partial charge on any atom is 0.165 e. The van der Waals surface area contributed by atoms with Gasteiger partial charge in [0.15, 0.2) is 17.2 Å². The minimum absolute atomic E-state index is 0.0222. The summed E-state index contributed by atoms with van der Waals surface area (Å²) in [5.74, 6) is -0.358. The van der Waals surface area contributed by atoms with E-state index >= 15 is 0 Å². The zero-order valence-electron chi connectivity index (χ0n) is 11.3. The molecule has 1 atom stereocenters. The number of methoxy groups -OCH3 is 1. The molecule has 2 rings (SSSR count). The minimum atomic E-state index is -1.71. The van der Waals surface area contributed by atoms with Crippen molar-refractivity contribution < 1.29 is 13.5 Å². The Kier molecular flexibility index (Phi) is 4.35. The Balaban J connectivity index is 2.28. The monoisotopic (exact) mass is 277 g/mol. The summed E-state index contributed by atoms with van der Waals surface area (Å²) in [6, 6.07) is 13.1. The number of rotatable bonds is 5. The Morgan fingerprint density at radius 1 is 1.15 bits per heavy atom. The summed E-state index contributed by atoms with van der Waals surface area (Å²) in [5, 5.41) is 0. The van der Waals surface area contributed by atoms with Crippen LogP contribution >= 0.6 is 0 Å². The highest BCUT2D eigenvalue weighted by Gasteiger charge is 2.30. The van der Waals surface area contributed by atoms with Gasteiger partial charge in [-0.3, -0.25) is 0 Å². The molecule has 0 aliphatic carbocycles. The number of nitrogens with two attached hydrogens (primary N) is 1. The van der Waals surface area contributed by atoms with Crippen LogP contribution in [0.1, 0.15) is 11.1 Å². The second kappa shape index (κ2) is 6.01. The van der Waals surface area contributed by atoms with Crippen molar-refractivity contribution in [2.45, 2.75) is 12.1 Å². The van der Waals surface area contributed by atoms with E-state index in [-0.39, 0.29) is 18.7 Å². The first-order valence-corrected chi connectivity index (χ1v) is 6.36. The molecule has 0 saturated heterocycles. The third-order valence-electron chi connectivity index (χ3n) is 3.32. The molecule has 0 saturated carbocycles. The van der Waals surface area contributed by atoms with Crippen LogP contribution in [-0.4, -0.2) is 13.7 Å². The quantitative estimate of drug-likeness (QED) is 0.911. The molecule has 2 aromatic carbocycles. The van der Waals surface area contributed by atoms with Crippen LogP contribution < -0.4 is 10.5 Å². The van der Waals surface area contributed by atoms with Crippen molar-refractivity contribution in [1.29, 1.82) is 0 Å². The third-order valence-corrected chi connectivity index (χ3v) is 3.32. The van der Waals surface area contributed by atoms with Gasteiger partial charge in [0.25, 0.3) is 0 Å². The van der Waals surface area contributed by atoms with E-state index in [0.29, 0.717) is 11.1 Å². The third kappa shape index (κ3) is 2.96. The van der Waals surface area contributed by atoms with Gasteiger partial charge in [-0.05, 0) is 23.3 Å². The maximum absolute atomic E-state index is 15.0. The van der Waals surface area contributed by atoms with Crippen LogP contribution in [0.5, 0.6) is 5.75 Å². The molecule has 106 valence electrons. The number of halogens is 2. The maximum atomic E-state index is 15.0. The van der Waals surface area contributed by atoms with Gasteiger partial charge in [0.2, 0.25) is 0 Å². The van der Waals surface area contributed by atoms with Crippen molar-refractivity contribution in [3.63, 3.8) is 0 Å². The average molecular weight is 277 g/mol. The van der Waals surface area contributed by atoms with Crippen molar-refractivity contribution in [2.24, 2.45) is 5.73 Å². The zero-order chi connectivity index (χ0) is 14.6. The largest absolute Gasteiger partial charge is 0.494 e. The van der Waals surface area contributed by atoms with E-state index < -0.39 is 11.5 Å². The molecule has 2 aromatic rings. The topological polar surface area (TPSA) is 35.2 Å². The van der Waals surface area contributed by atoms with E-state index in [1.165, 1.54) is 19.2 Å². The second-order valence-corrected chi connectivity index (χ2v) is 4.68. The van der Waals surface area contributed by atoms with Crippen molar-refractivity contribution in [1.82, 2.24) is 0 Å². The highest BCUT2D eigenvalue weighted by molar-refractivity contribution is 5.32. The average Bonchev–Trinajstić information content (AvgIpc) is 2.48. The van der Waals surface area contributed by atoms with Crippen LogP contribution in [0.15, 0.2) is 48.5 Å². The molecular weight excluding hydrogens is 260 g/mol. The molecule has 0 aromatic heterocycles. The summed E-state index contributed by atoms with van der Waals surface area (Å²) in [6.07, 6.45) is 0.0222. The van der Waals surface area contributed by atoms with Gasteiger partial charge in [0.05, 0.1) is 7.11 Å². The fourth-order valence-corrected chi connectivity index (χ4v) is 2.17. The highest BCUT2D eigenvalue weighted by atomic mass is 19.1. The summed E-state index contributed by atoms with van der Waals surface area (Å²) in [4.78, 5) is 0. The van der Waals surface area contributed by atoms with Gasteiger partial charge < -0.3 is 10.5 Å². The Morgan fingerprint density at radius 2 is 1.85 bits per heavy atom. The summed E-state index contributed by atoms with van der Waals surface area (Å²) in [5.41, 5.74) is 4.92. The fourth-order valence-electron chi connectivity index (χ4n) is 2.17. The highest BCUT2D eigenvalue weighted by Crippen LogP contribution is 2.30. The molecule has 20 heavy (non-hydrogen) atoms. The van der Waals surface area contributed by atoms with E-state index in [1.807, 2.05) is 6.07 Å². The molecule has 0 amide bonds. The van der Waals surface area contributed by atoms with Gasteiger partial charge in [0.1, 0.15) is 0 Å². The van der Waals surface area contributed by atoms with Gasteiger partial charge >= 0.3 is 0 Å². The fraction of sp³-hybridized carbons (Fsp3) is 0.250. The molecule has 0 heterocycles. The van der Waals surface area contributed by atoms with E-state index in [9.17, 15) is 8.78 Å². The number of ether oxygens (including phenoxy) is 1. The number of hydrogen-bond acceptors (Lipinski definition) is 2. The van der Waals surface area contributed by atoms with Crippen LogP contribution in [0.4, 0.5) is 8.78 Å². The summed E-state index contributed by atoms with van der Waals surface area (Å²) >= 11 is 0. The molecule has 0 radical (unpaired) electrons. The lowest BCUT2D eigenvalue weighted by molar-refractivity contribution is 0.175. The van der Waals surface area contributed by atoms with Crippen LogP contribution in [-0.2, 0) is 12.1 Å². The number of benzene rings is 2. The van der Waals surface area contributed by atoms with Gasteiger partial charge in [-0.15, -0.1) is 0 Å². The second-order valence-electron chi connectivity index (χ2n) is 4.68. The minimum Gasteiger partial charge on any atom is -0.494 e. The Hall–Kier alpha value is -1.94. The van der Waals surface area contributed by atoms with Crippen molar-refractivity contribution >= 4 is 0 Å². The van der Waals surface area contributed by atoms with E-state index in [4.69, 9.17) is 10.5 Å². The molecule has 1 unspecified atom stereocenters. The summed E-state index contributed by atoms with van der Waals surface area (Å²) < 4.78 is 33.5. The van der Waals surface area contributed by atoms with Gasteiger partial charge in [0, 0.05) is 13.0 Å². The lowest BCUT2D eigenvalue weighted by Gasteiger charge is -2.24. The number of alkyl halides is 1. The predicted molar refractivity (Wildman–Crippen MR) is 74.9 cm³/mol. The molecule has 0 fully saturated rings. The summed E-state index contributed by atoms with van der Waals surface area (Å²) in [7, 11) is 1.39. The smallest absolute Gasteiger partial charge is 0.165 e. The first-order chi connectivity index (χ1) is 9.59. The zero-order valence-corrected chi connectivity index (χ0v) is 11.3. The molecule has 4 heteroatoms. The molecule has 0 bridgehead atoms. The van der Waals surface area contributed by atoms with Gasteiger partial charge in [-0.2, -0.15) is 0 Å². The van der Waals surface area contributed by atoms with Crippen molar-refractivity contribution in [3.8, 4) is 5.75 Å². The molecule has 2 nitrogen and oxygen atoms in total. The molecule has 2 N–H and O–H groups in total. The van der Waals surface area contributed by atoms with Crippen LogP contribution in [0.3, 0.4) is 0 Å². The standard InChI is InChI=1S/C16H17F2NO/c1-20-15-8-7-12(9-14(15)17)10-16(18,11-19)13-5-3-2-4-6-13/h2-9H,10-11,19H2,1H3.